The van der Waals surface area contributed by atoms with Crippen LogP contribution in [0.3, 0.4) is 0 Å². The molecular weight excluding hydrogens is 735 g/mol. The van der Waals surface area contributed by atoms with Gasteiger partial charge in [-0.05, 0) is 144 Å². The van der Waals surface area contributed by atoms with Crippen LogP contribution in [0.15, 0.2) is 182 Å². The number of rotatable bonds is 5. The molecule has 1 aromatic heterocycles. The van der Waals surface area contributed by atoms with Gasteiger partial charge in [0.25, 0.3) is 0 Å². The molecule has 0 bridgehead atoms. The molecule has 0 radical (unpaired) electrons. The molecule has 0 fully saturated rings. The summed E-state index contributed by atoms with van der Waals surface area (Å²) in [5.41, 5.74) is 18.7. The minimum atomic E-state index is -0.0833. The zero-order chi connectivity index (χ0) is 42.0. The van der Waals surface area contributed by atoms with E-state index in [2.05, 4.69) is 235 Å². The quantitative estimate of drug-likeness (QED) is 0.153. The summed E-state index contributed by atoms with van der Waals surface area (Å²) in [5.74, 6) is 1.12. The van der Waals surface area contributed by atoms with Gasteiger partial charge in [-0.25, -0.2) is 0 Å². The Morgan fingerprint density at radius 3 is 1.51 bits per heavy atom. The van der Waals surface area contributed by atoms with Gasteiger partial charge in [-0.15, -0.1) is 0 Å². The first-order chi connectivity index (χ1) is 29.6. The fourth-order valence-corrected chi connectivity index (χ4v) is 10.5. The van der Waals surface area contributed by atoms with E-state index in [-0.39, 0.29) is 5.41 Å². The van der Waals surface area contributed by atoms with Crippen molar-refractivity contribution in [3.8, 4) is 33.4 Å². The van der Waals surface area contributed by atoms with Crippen LogP contribution in [-0.2, 0) is 12.5 Å². The highest BCUT2D eigenvalue weighted by Crippen LogP contribution is 2.52. The van der Waals surface area contributed by atoms with Crippen LogP contribution in [0.5, 0.6) is 0 Å². The molecular formula is C60H53N. The van der Waals surface area contributed by atoms with Gasteiger partial charge in [0.05, 0.1) is 5.52 Å². The van der Waals surface area contributed by atoms with E-state index in [9.17, 15) is 0 Å². The highest BCUT2D eigenvalue weighted by atomic mass is 14.9. The molecule has 1 aliphatic carbocycles. The molecule has 1 heterocycles. The van der Waals surface area contributed by atoms with Gasteiger partial charge in [-0.3, -0.25) is 0 Å². The highest BCUT2D eigenvalue weighted by Gasteiger charge is 2.36. The van der Waals surface area contributed by atoms with Gasteiger partial charge in [-0.2, -0.15) is 0 Å². The first kappa shape index (κ1) is 38.5. The van der Waals surface area contributed by atoms with Gasteiger partial charge in [-0.1, -0.05) is 179 Å². The minimum absolute atomic E-state index is 0.0833. The van der Waals surface area contributed by atoms with Gasteiger partial charge in [0.15, 0.2) is 0 Å². The molecule has 0 aliphatic heterocycles. The van der Waals surface area contributed by atoms with Gasteiger partial charge < -0.3 is 4.57 Å². The van der Waals surface area contributed by atoms with Crippen molar-refractivity contribution in [2.75, 3.05) is 0 Å². The molecule has 1 nitrogen and oxygen atoms in total. The van der Waals surface area contributed by atoms with Crippen molar-refractivity contribution in [3.05, 3.63) is 215 Å². The molecule has 11 rings (SSSR count). The van der Waals surface area contributed by atoms with Gasteiger partial charge in [0, 0.05) is 28.8 Å². The summed E-state index contributed by atoms with van der Waals surface area (Å²) in [4.78, 5) is 0. The fraction of sp³-hybridized carbons (Fsp3) is 0.167. The maximum absolute atomic E-state index is 2.48. The summed E-state index contributed by atoms with van der Waals surface area (Å²) in [6.07, 6.45) is 0. The Bertz CT molecular complexity index is 3160. The standard InChI is InChI=1S/C44H35N.C16H18/c1-26-21-30(42-34-17-11-9-15-31(34)27(2)32-16-10-12-18-35(32)42)22-38-37-24-36-33-20-19-29(28-13-7-6-8-14-28)23-39(33)44(3,4)40(36)25-41(37)45(5)43(26)38;1-13(15-9-5-3-6-10-15)14(2)16-11-7-4-8-12-16/h6-25H,1-5H3;3-14H,1-2H3. The van der Waals surface area contributed by atoms with Crippen LogP contribution in [0.25, 0.3) is 76.7 Å². The summed E-state index contributed by atoms with van der Waals surface area (Å²) in [6, 6.07) is 66.9. The fourth-order valence-electron chi connectivity index (χ4n) is 10.5. The van der Waals surface area contributed by atoms with Gasteiger partial charge >= 0.3 is 0 Å². The zero-order valence-corrected chi connectivity index (χ0v) is 36.4. The summed E-state index contributed by atoms with van der Waals surface area (Å²) in [7, 11) is 2.24. The summed E-state index contributed by atoms with van der Waals surface area (Å²) in [6.45, 7) is 13.9. The topological polar surface area (TPSA) is 4.93 Å². The van der Waals surface area contributed by atoms with E-state index in [1.165, 1.54) is 110 Å². The Morgan fingerprint density at radius 2 is 0.934 bits per heavy atom. The molecule has 0 spiro atoms. The average molecular weight is 788 g/mol. The molecule has 9 aromatic carbocycles. The number of hydrogen-bond acceptors (Lipinski definition) is 0. The molecule has 61 heavy (non-hydrogen) atoms. The third kappa shape index (κ3) is 6.38. The second-order valence-electron chi connectivity index (χ2n) is 17.9. The maximum atomic E-state index is 2.48. The maximum Gasteiger partial charge on any atom is 0.0518 e. The number of benzene rings is 9. The molecule has 0 saturated carbocycles. The first-order valence-electron chi connectivity index (χ1n) is 21.9. The molecule has 2 atom stereocenters. The van der Waals surface area contributed by atoms with Crippen LogP contribution >= 0.6 is 0 Å². The average Bonchev–Trinajstić information content (AvgIpc) is 3.71. The largest absolute Gasteiger partial charge is 0.343 e. The predicted molar refractivity (Wildman–Crippen MR) is 263 cm³/mol. The Morgan fingerprint density at radius 1 is 0.426 bits per heavy atom. The van der Waals surface area contributed by atoms with E-state index in [1.54, 1.807) is 0 Å². The van der Waals surface area contributed by atoms with Crippen molar-refractivity contribution in [2.24, 2.45) is 7.05 Å². The van der Waals surface area contributed by atoms with E-state index < -0.39 is 0 Å². The van der Waals surface area contributed by atoms with Crippen LogP contribution in [0.2, 0.25) is 0 Å². The van der Waals surface area contributed by atoms with E-state index in [4.69, 9.17) is 0 Å². The molecule has 0 N–H and O–H groups in total. The second-order valence-corrected chi connectivity index (χ2v) is 17.9. The Hall–Kier alpha value is -6.70. The number of aromatic nitrogens is 1. The van der Waals surface area contributed by atoms with Crippen LogP contribution in [0, 0.1) is 13.8 Å². The normalized spacial score (nSPS) is 13.8. The van der Waals surface area contributed by atoms with Gasteiger partial charge in [0.2, 0.25) is 0 Å². The number of fused-ring (bicyclic) bond motifs is 8. The molecule has 10 aromatic rings. The van der Waals surface area contributed by atoms with Crippen LogP contribution in [-0.4, -0.2) is 4.57 Å². The van der Waals surface area contributed by atoms with Crippen molar-refractivity contribution in [1.29, 1.82) is 0 Å². The number of nitrogens with zero attached hydrogens (tertiary/aromatic N) is 1. The van der Waals surface area contributed by atoms with Crippen molar-refractivity contribution in [3.63, 3.8) is 0 Å². The molecule has 298 valence electrons. The van der Waals surface area contributed by atoms with E-state index in [0.29, 0.717) is 11.8 Å². The molecule has 2 unspecified atom stereocenters. The van der Waals surface area contributed by atoms with Crippen LogP contribution < -0.4 is 0 Å². The van der Waals surface area contributed by atoms with E-state index >= 15 is 0 Å². The number of aryl methyl sites for hydroxylation is 3. The molecule has 1 aliphatic rings. The second kappa shape index (κ2) is 15.1. The van der Waals surface area contributed by atoms with Crippen molar-refractivity contribution in [1.82, 2.24) is 4.57 Å². The highest BCUT2D eigenvalue weighted by molar-refractivity contribution is 6.18. The monoisotopic (exact) mass is 787 g/mol. The zero-order valence-electron chi connectivity index (χ0n) is 36.4. The van der Waals surface area contributed by atoms with E-state index in [0.717, 1.165) is 0 Å². The smallest absolute Gasteiger partial charge is 0.0518 e. The predicted octanol–water partition coefficient (Wildman–Crippen LogP) is 16.5. The van der Waals surface area contributed by atoms with Crippen molar-refractivity contribution < 1.29 is 0 Å². The lowest BCUT2D eigenvalue weighted by Gasteiger charge is -2.22. The third-order valence-corrected chi connectivity index (χ3v) is 14.1. The van der Waals surface area contributed by atoms with Crippen LogP contribution in [0.4, 0.5) is 0 Å². The molecule has 0 saturated heterocycles. The summed E-state index contributed by atoms with van der Waals surface area (Å²) in [5, 5.41) is 7.94. The minimum Gasteiger partial charge on any atom is -0.343 e. The van der Waals surface area contributed by atoms with Crippen molar-refractivity contribution in [2.45, 2.75) is 58.8 Å². The Labute approximate surface area is 361 Å². The Kier molecular flexibility index (Phi) is 9.52. The number of hydrogen-bond donors (Lipinski definition) is 0. The Balaban J connectivity index is 0.000000235. The summed E-state index contributed by atoms with van der Waals surface area (Å²) < 4.78 is 2.42. The summed E-state index contributed by atoms with van der Waals surface area (Å²) >= 11 is 0. The molecule has 0 amide bonds. The van der Waals surface area contributed by atoms with Crippen molar-refractivity contribution >= 4 is 43.4 Å². The lowest BCUT2D eigenvalue weighted by molar-refractivity contribution is 0.624. The first-order valence-corrected chi connectivity index (χ1v) is 21.9. The van der Waals surface area contributed by atoms with Crippen LogP contribution in [0.1, 0.15) is 72.9 Å². The SMILES string of the molecule is CC(c1ccccc1)C(C)c1ccccc1.Cc1c2ccccc2c(-c2cc(C)c3c(c2)c2cc4c(cc2n3C)C(C)(C)c2cc(-c3ccccc3)ccc2-4)c2ccccc12. The molecule has 1 heteroatoms. The lowest BCUT2D eigenvalue weighted by Crippen LogP contribution is -2.15. The lowest BCUT2D eigenvalue weighted by atomic mass is 9.81. The van der Waals surface area contributed by atoms with Gasteiger partial charge in [0.1, 0.15) is 0 Å². The van der Waals surface area contributed by atoms with E-state index in [1.807, 2.05) is 0 Å². The third-order valence-electron chi connectivity index (χ3n) is 14.1.